The van der Waals surface area contributed by atoms with Crippen LogP contribution < -0.4 is 0 Å². The number of carbonyl (C=O) groups excluding carboxylic acids is 2. The second-order valence-electron chi connectivity index (χ2n) is 10.8. The molecule has 4 aromatic rings. The van der Waals surface area contributed by atoms with Crippen LogP contribution in [0.15, 0.2) is 97.1 Å². The molecule has 1 aliphatic rings. The summed E-state index contributed by atoms with van der Waals surface area (Å²) in [5.41, 5.74) is 5.99. The van der Waals surface area contributed by atoms with Crippen LogP contribution in [-0.2, 0) is 14.2 Å². The fourth-order valence-corrected chi connectivity index (χ4v) is 4.09. The third-order valence-corrected chi connectivity index (χ3v) is 6.88. The Morgan fingerprint density at radius 3 is 1.28 bits per heavy atom. The molecule has 240 valence electrons. The summed E-state index contributed by atoms with van der Waals surface area (Å²) in [6.45, 7) is 7.90. The molecule has 0 saturated carbocycles. The monoisotopic (exact) mass is 626 g/mol. The van der Waals surface area contributed by atoms with E-state index in [1.807, 2.05) is 52.0 Å². The van der Waals surface area contributed by atoms with E-state index in [1.165, 1.54) is 0 Å². The fourth-order valence-electron chi connectivity index (χ4n) is 4.09. The van der Waals surface area contributed by atoms with Gasteiger partial charge in [-0.25, -0.2) is 19.2 Å². The number of hydrogen-bond donors (Lipinski definition) is 2. The van der Waals surface area contributed by atoms with Gasteiger partial charge in [-0.05, 0) is 82.6 Å². The second kappa shape index (κ2) is 17.3. The standard InChI is InChI=1S/C21H22O5.2C8H8O2/c1-14-3-7-16(8-4-14)20(22)24-13-18-11-12-19(25-18)26-21(23)17-9-5-15(2)6-10-17;2*1-6-2-4-7(5-3-6)8(9)10/h3-10,18-19H,11-13H2,1-2H3;2*2-5H,1H3,(H,9,10)/t18-,19?;;/m0../s1. The van der Waals surface area contributed by atoms with Gasteiger partial charge in [-0.2, -0.15) is 0 Å². The van der Waals surface area contributed by atoms with Crippen molar-refractivity contribution in [1.29, 1.82) is 0 Å². The van der Waals surface area contributed by atoms with Gasteiger partial charge in [-0.1, -0.05) is 70.8 Å². The Kier molecular flexibility index (Phi) is 13.2. The van der Waals surface area contributed by atoms with Gasteiger partial charge < -0.3 is 24.4 Å². The molecule has 9 heteroatoms. The molecule has 0 spiro atoms. The van der Waals surface area contributed by atoms with Crippen molar-refractivity contribution < 1.29 is 43.6 Å². The topological polar surface area (TPSA) is 136 Å². The van der Waals surface area contributed by atoms with Gasteiger partial charge in [-0.3, -0.25) is 0 Å². The number of aromatic carboxylic acids is 2. The minimum absolute atomic E-state index is 0.144. The van der Waals surface area contributed by atoms with E-state index < -0.39 is 24.2 Å². The number of esters is 2. The van der Waals surface area contributed by atoms with Crippen molar-refractivity contribution in [2.75, 3.05) is 6.61 Å². The number of ether oxygens (including phenoxy) is 3. The zero-order valence-electron chi connectivity index (χ0n) is 26.3. The number of carbonyl (C=O) groups is 4. The van der Waals surface area contributed by atoms with Gasteiger partial charge in [0, 0.05) is 6.42 Å². The molecule has 1 unspecified atom stereocenters. The fraction of sp³-hybridized carbons (Fsp3) is 0.243. The first-order valence-electron chi connectivity index (χ1n) is 14.7. The largest absolute Gasteiger partial charge is 0.478 e. The molecule has 0 aromatic heterocycles. The maximum Gasteiger partial charge on any atom is 0.340 e. The number of aryl methyl sites for hydroxylation is 4. The predicted molar refractivity (Wildman–Crippen MR) is 172 cm³/mol. The first-order valence-corrected chi connectivity index (χ1v) is 14.7. The quantitative estimate of drug-likeness (QED) is 0.204. The Bertz CT molecular complexity index is 1540. The molecule has 0 amide bonds. The zero-order chi connectivity index (χ0) is 33.6. The summed E-state index contributed by atoms with van der Waals surface area (Å²) in [5.74, 6) is -2.54. The maximum absolute atomic E-state index is 12.1. The molecular weight excluding hydrogens is 588 g/mol. The van der Waals surface area contributed by atoms with Crippen molar-refractivity contribution in [3.63, 3.8) is 0 Å². The zero-order valence-corrected chi connectivity index (χ0v) is 26.3. The van der Waals surface area contributed by atoms with Gasteiger partial charge in [0.25, 0.3) is 0 Å². The molecule has 5 rings (SSSR count). The highest BCUT2D eigenvalue weighted by atomic mass is 16.7. The Morgan fingerprint density at radius 2 is 0.913 bits per heavy atom. The first-order chi connectivity index (χ1) is 21.9. The highest BCUT2D eigenvalue weighted by Gasteiger charge is 2.29. The molecule has 1 aliphatic heterocycles. The van der Waals surface area contributed by atoms with Gasteiger partial charge in [0.2, 0.25) is 6.29 Å². The van der Waals surface area contributed by atoms with Gasteiger partial charge in [-0.15, -0.1) is 0 Å². The van der Waals surface area contributed by atoms with Crippen LogP contribution in [0, 0.1) is 27.7 Å². The van der Waals surface area contributed by atoms with Gasteiger partial charge >= 0.3 is 23.9 Å². The van der Waals surface area contributed by atoms with Gasteiger partial charge in [0.1, 0.15) is 6.61 Å². The smallest absolute Gasteiger partial charge is 0.340 e. The highest BCUT2D eigenvalue weighted by molar-refractivity contribution is 5.90. The first kappa shape index (κ1) is 35.2. The minimum atomic E-state index is -0.875. The molecule has 2 N–H and O–H groups in total. The Balaban J connectivity index is 0.000000235. The van der Waals surface area contributed by atoms with Crippen molar-refractivity contribution in [2.45, 2.75) is 52.9 Å². The summed E-state index contributed by atoms with van der Waals surface area (Å²) in [6, 6.07) is 27.9. The van der Waals surface area contributed by atoms with E-state index in [2.05, 4.69) is 0 Å². The van der Waals surface area contributed by atoms with Crippen molar-refractivity contribution in [3.8, 4) is 0 Å². The molecule has 9 nitrogen and oxygen atoms in total. The number of carboxylic acid groups (broad SMARTS) is 2. The third kappa shape index (κ3) is 11.7. The van der Waals surface area contributed by atoms with Crippen LogP contribution in [0.1, 0.15) is 76.5 Å². The van der Waals surface area contributed by atoms with Crippen LogP contribution in [-0.4, -0.2) is 53.1 Å². The van der Waals surface area contributed by atoms with Crippen LogP contribution in [0.25, 0.3) is 0 Å². The molecule has 1 fully saturated rings. The van der Waals surface area contributed by atoms with Crippen molar-refractivity contribution >= 4 is 23.9 Å². The SMILES string of the molecule is Cc1ccc(C(=O)O)cc1.Cc1ccc(C(=O)O)cc1.Cc1ccc(C(=O)OC[C@@H]2CCC(OC(=O)c3ccc(C)cc3)O2)cc1. The maximum atomic E-state index is 12.1. The minimum Gasteiger partial charge on any atom is -0.478 e. The highest BCUT2D eigenvalue weighted by Crippen LogP contribution is 2.22. The van der Waals surface area contributed by atoms with Gasteiger partial charge in [0.15, 0.2) is 0 Å². The summed E-state index contributed by atoms with van der Waals surface area (Å²) < 4.78 is 16.3. The van der Waals surface area contributed by atoms with Crippen LogP contribution >= 0.6 is 0 Å². The molecule has 0 aliphatic carbocycles. The Morgan fingerprint density at radius 1 is 0.565 bits per heavy atom. The molecule has 4 aromatic carbocycles. The summed E-state index contributed by atoms with van der Waals surface area (Å²) >= 11 is 0. The molecule has 1 heterocycles. The van der Waals surface area contributed by atoms with Crippen molar-refractivity contribution in [2.24, 2.45) is 0 Å². The summed E-state index contributed by atoms with van der Waals surface area (Å²) in [5, 5.41) is 17.0. The molecule has 46 heavy (non-hydrogen) atoms. The van der Waals surface area contributed by atoms with E-state index >= 15 is 0 Å². The summed E-state index contributed by atoms with van der Waals surface area (Å²) in [7, 11) is 0. The van der Waals surface area contributed by atoms with E-state index in [0.29, 0.717) is 35.1 Å². The number of rotatable bonds is 7. The van der Waals surface area contributed by atoms with Crippen LogP contribution in [0.4, 0.5) is 0 Å². The lowest BCUT2D eigenvalue weighted by Gasteiger charge is -2.15. The Hall–Kier alpha value is -5.28. The van der Waals surface area contributed by atoms with E-state index in [-0.39, 0.29) is 18.7 Å². The lowest BCUT2D eigenvalue weighted by molar-refractivity contribution is -0.112. The normalized spacial score (nSPS) is 14.9. The lowest BCUT2D eigenvalue weighted by Crippen LogP contribution is -2.22. The average molecular weight is 627 g/mol. The van der Waals surface area contributed by atoms with E-state index in [9.17, 15) is 19.2 Å². The van der Waals surface area contributed by atoms with Gasteiger partial charge in [0.05, 0.1) is 28.4 Å². The van der Waals surface area contributed by atoms with Crippen molar-refractivity contribution in [3.05, 3.63) is 142 Å². The van der Waals surface area contributed by atoms with Crippen LogP contribution in [0.5, 0.6) is 0 Å². The lowest BCUT2D eigenvalue weighted by atomic mass is 10.1. The molecule has 2 atom stereocenters. The molecule has 1 saturated heterocycles. The van der Waals surface area contributed by atoms with E-state index in [4.69, 9.17) is 24.4 Å². The number of carboxylic acids is 2. The van der Waals surface area contributed by atoms with E-state index in [1.54, 1.807) is 72.8 Å². The van der Waals surface area contributed by atoms with E-state index in [0.717, 1.165) is 22.3 Å². The number of hydrogen-bond acceptors (Lipinski definition) is 7. The predicted octanol–water partition coefficient (Wildman–Crippen LogP) is 7.21. The van der Waals surface area contributed by atoms with Crippen LogP contribution in [0.2, 0.25) is 0 Å². The third-order valence-electron chi connectivity index (χ3n) is 6.88. The molecular formula is C37H38O9. The number of benzene rings is 4. The summed E-state index contributed by atoms with van der Waals surface area (Å²) in [6.07, 6.45) is 0.393. The molecule has 0 radical (unpaired) electrons. The van der Waals surface area contributed by atoms with Crippen LogP contribution in [0.3, 0.4) is 0 Å². The average Bonchev–Trinajstić information content (AvgIpc) is 3.48. The Labute approximate surface area is 268 Å². The molecule has 0 bridgehead atoms. The summed E-state index contributed by atoms with van der Waals surface area (Å²) in [4.78, 5) is 44.8. The second-order valence-corrected chi connectivity index (χ2v) is 10.8. The van der Waals surface area contributed by atoms with Crippen molar-refractivity contribution in [1.82, 2.24) is 0 Å².